The van der Waals surface area contributed by atoms with Crippen LogP contribution < -0.4 is 5.32 Å². The Morgan fingerprint density at radius 3 is 2.64 bits per heavy atom. The van der Waals surface area contributed by atoms with Crippen molar-refractivity contribution in [2.45, 2.75) is 52.0 Å². The number of aromatic nitrogens is 1. The molecule has 2 aliphatic rings. The minimum absolute atomic E-state index is 0.0886. The Morgan fingerprint density at radius 1 is 1.28 bits per heavy atom. The fourth-order valence-corrected chi connectivity index (χ4v) is 4.64. The molecule has 0 aromatic carbocycles. The van der Waals surface area contributed by atoms with Crippen LogP contribution in [-0.4, -0.2) is 40.8 Å². The molecule has 1 N–H and O–H groups in total. The van der Waals surface area contributed by atoms with Crippen LogP contribution in [0.4, 0.5) is 0 Å². The lowest BCUT2D eigenvalue weighted by atomic mass is 9.84. The predicted octanol–water partition coefficient (Wildman–Crippen LogP) is 2.41. The average Bonchev–Trinajstić information content (AvgIpc) is 3.26. The van der Waals surface area contributed by atoms with Crippen LogP contribution in [0.25, 0.3) is 0 Å². The molecule has 5 heteroatoms. The number of pyridine rings is 1. The molecule has 2 saturated carbocycles. The summed E-state index contributed by atoms with van der Waals surface area (Å²) in [7, 11) is 0. The van der Waals surface area contributed by atoms with E-state index in [1.807, 2.05) is 19.1 Å². The van der Waals surface area contributed by atoms with Gasteiger partial charge in [0.15, 0.2) is 0 Å². The van der Waals surface area contributed by atoms with Crippen molar-refractivity contribution in [1.82, 2.24) is 15.2 Å². The highest BCUT2D eigenvalue weighted by Crippen LogP contribution is 2.49. The van der Waals surface area contributed by atoms with E-state index >= 15 is 0 Å². The zero-order valence-corrected chi connectivity index (χ0v) is 15.3. The van der Waals surface area contributed by atoms with Crippen molar-refractivity contribution in [2.24, 2.45) is 17.8 Å². The standard InChI is InChI=1S/C20H29N3O2/c1-3-23(11-8-15-6-9-21-10-7-15)20(25)19(24)22-14(2)18-13-16-4-5-17(18)12-16/h6-7,9-10,14,16-18H,3-5,8,11-13H2,1-2H3,(H,22,24). The number of hydrogen-bond donors (Lipinski definition) is 1. The van der Waals surface area contributed by atoms with E-state index in [0.717, 1.165) is 23.8 Å². The number of amides is 2. The molecule has 2 aliphatic carbocycles. The summed E-state index contributed by atoms with van der Waals surface area (Å²) in [5, 5.41) is 2.98. The maximum atomic E-state index is 12.5. The van der Waals surface area contributed by atoms with Gasteiger partial charge in [0.05, 0.1) is 0 Å². The van der Waals surface area contributed by atoms with Gasteiger partial charge in [-0.15, -0.1) is 0 Å². The molecule has 3 rings (SSSR count). The molecule has 1 aromatic rings. The van der Waals surface area contributed by atoms with Crippen LogP contribution >= 0.6 is 0 Å². The molecular formula is C20H29N3O2. The number of nitrogens with zero attached hydrogens (tertiary/aromatic N) is 2. The first kappa shape index (κ1) is 17.9. The Labute approximate surface area is 150 Å². The van der Waals surface area contributed by atoms with Gasteiger partial charge in [0, 0.05) is 31.5 Å². The molecule has 2 amide bonds. The predicted molar refractivity (Wildman–Crippen MR) is 96.7 cm³/mol. The number of rotatable bonds is 6. The molecule has 0 aliphatic heterocycles. The molecule has 2 fully saturated rings. The molecule has 1 aromatic heterocycles. The van der Waals surface area contributed by atoms with Gasteiger partial charge in [-0.25, -0.2) is 0 Å². The van der Waals surface area contributed by atoms with Crippen molar-refractivity contribution in [2.75, 3.05) is 13.1 Å². The van der Waals surface area contributed by atoms with Crippen molar-refractivity contribution in [3.05, 3.63) is 30.1 Å². The summed E-state index contributed by atoms with van der Waals surface area (Å²) in [6, 6.07) is 3.97. The first-order valence-electron chi connectivity index (χ1n) is 9.57. The highest BCUT2D eigenvalue weighted by Gasteiger charge is 2.42. The highest BCUT2D eigenvalue weighted by molar-refractivity contribution is 6.35. The van der Waals surface area contributed by atoms with Crippen molar-refractivity contribution >= 4 is 11.8 Å². The van der Waals surface area contributed by atoms with Crippen LogP contribution in [0.15, 0.2) is 24.5 Å². The van der Waals surface area contributed by atoms with Gasteiger partial charge in [0.25, 0.3) is 0 Å². The SMILES string of the molecule is CCN(CCc1ccncc1)C(=O)C(=O)NC(C)C1CC2CCC1C2. The Balaban J connectivity index is 1.50. The maximum Gasteiger partial charge on any atom is 0.311 e. The van der Waals surface area contributed by atoms with Gasteiger partial charge in [-0.3, -0.25) is 14.6 Å². The fraction of sp³-hybridized carbons (Fsp3) is 0.650. The minimum atomic E-state index is -0.452. The van der Waals surface area contributed by atoms with Gasteiger partial charge < -0.3 is 10.2 Å². The Hall–Kier alpha value is -1.91. The Bertz CT molecular complexity index is 604. The zero-order valence-electron chi connectivity index (χ0n) is 15.3. The molecular weight excluding hydrogens is 314 g/mol. The van der Waals surface area contributed by atoms with Gasteiger partial charge in [0.1, 0.15) is 0 Å². The van der Waals surface area contributed by atoms with Crippen LogP contribution in [0.5, 0.6) is 0 Å². The summed E-state index contributed by atoms with van der Waals surface area (Å²) < 4.78 is 0. The van der Waals surface area contributed by atoms with E-state index in [9.17, 15) is 9.59 Å². The lowest BCUT2D eigenvalue weighted by Crippen LogP contribution is -2.48. The van der Waals surface area contributed by atoms with Crippen molar-refractivity contribution in [3.8, 4) is 0 Å². The second-order valence-corrected chi connectivity index (χ2v) is 7.59. The van der Waals surface area contributed by atoms with Gasteiger partial charge in [-0.2, -0.15) is 0 Å². The van der Waals surface area contributed by atoms with E-state index in [2.05, 4.69) is 17.2 Å². The average molecular weight is 343 g/mol. The van der Waals surface area contributed by atoms with Gasteiger partial charge in [-0.1, -0.05) is 6.42 Å². The third kappa shape index (κ3) is 4.20. The number of nitrogens with one attached hydrogen (secondary N) is 1. The highest BCUT2D eigenvalue weighted by atomic mass is 16.2. The minimum Gasteiger partial charge on any atom is -0.345 e. The van der Waals surface area contributed by atoms with Crippen molar-refractivity contribution in [3.63, 3.8) is 0 Å². The van der Waals surface area contributed by atoms with E-state index < -0.39 is 11.8 Å². The molecule has 4 atom stereocenters. The number of likely N-dealkylation sites (N-methyl/N-ethyl adjacent to an activating group) is 1. The molecule has 2 bridgehead atoms. The largest absolute Gasteiger partial charge is 0.345 e. The van der Waals surface area contributed by atoms with Gasteiger partial charge >= 0.3 is 11.8 Å². The van der Waals surface area contributed by atoms with Crippen LogP contribution in [0.3, 0.4) is 0 Å². The Kier molecular flexibility index (Phi) is 5.71. The summed E-state index contributed by atoms with van der Waals surface area (Å²) >= 11 is 0. The third-order valence-corrected chi connectivity index (χ3v) is 6.08. The molecule has 136 valence electrons. The quantitative estimate of drug-likeness (QED) is 0.807. The third-order valence-electron chi connectivity index (χ3n) is 6.08. The smallest absolute Gasteiger partial charge is 0.311 e. The van der Waals surface area contributed by atoms with E-state index in [0.29, 0.717) is 19.0 Å². The second kappa shape index (κ2) is 7.98. The van der Waals surface area contributed by atoms with E-state index in [1.165, 1.54) is 25.7 Å². The van der Waals surface area contributed by atoms with Crippen LogP contribution in [0.2, 0.25) is 0 Å². The monoisotopic (exact) mass is 343 g/mol. The molecule has 0 spiro atoms. The maximum absolute atomic E-state index is 12.5. The first-order chi connectivity index (χ1) is 12.1. The zero-order chi connectivity index (χ0) is 17.8. The first-order valence-corrected chi connectivity index (χ1v) is 9.57. The summed E-state index contributed by atoms with van der Waals surface area (Å²) in [5.74, 6) is 1.27. The summed E-state index contributed by atoms with van der Waals surface area (Å²) in [5.41, 5.74) is 1.12. The number of carbonyl (C=O) groups is 2. The van der Waals surface area contributed by atoms with E-state index in [-0.39, 0.29) is 6.04 Å². The van der Waals surface area contributed by atoms with Crippen LogP contribution in [0, 0.1) is 17.8 Å². The molecule has 1 heterocycles. The molecule has 5 nitrogen and oxygen atoms in total. The number of hydrogen-bond acceptors (Lipinski definition) is 3. The van der Waals surface area contributed by atoms with Crippen LogP contribution in [-0.2, 0) is 16.0 Å². The fourth-order valence-electron chi connectivity index (χ4n) is 4.64. The number of carbonyl (C=O) groups excluding carboxylic acids is 2. The van der Waals surface area contributed by atoms with Crippen LogP contribution in [0.1, 0.15) is 45.1 Å². The lowest BCUT2D eigenvalue weighted by Gasteiger charge is -2.29. The van der Waals surface area contributed by atoms with Gasteiger partial charge in [0.2, 0.25) is 0 Å². The van der Waals surface area contributed by atoms with Crippen molar-refractivity contribution < 1.29 is 9.59 Å². The Morgan fingerprint density at radius 2 is 2.04 bits per heavy atom. The van der Waals surface area contributed by atoms with E-state index in [4.69, 9.17) is 0 Å². The topological polar surface area (TPSA) is 62.3 Å². The molecule has 0 saturated heterocycles. The summed E-state index contributed by atoms with van der Waals surface area (Å²) in [6.07, 6.45) is 9.38. The second-order valence-electron chi connectivity index (χ2n) is 7.59. The van der Waals surface area contributed by atoms with Crippen molar-refractivity contribution in [1.29, 1.82) is 0 Å². The summed E-state index contributed by atoms with van der Waals surface area (Å²) in [4.78, 5) is 30.5. The molecule has 0 radical (unpaired) electrons. The molecule has 4 unspecified atom stereocenters. The molecule has 25 heavy (non-hydrogen) atoms. The summed E-state index contributed by atoms with van der Waals surface area (Å²) in [6.45, 7) is 5.07. The van der Waals surface area contributed by atoms with Gasteiger partial charge in [-0.05, 0) is 75.0 Å². The van der Waals surface area contributed by atoms with E-state index in [1.54, 1.807) is 17.3 Å². The lowest BCUT2D eigenvalue weighted by molar-refractivity contribution is -0.146. The number of fused-ring (bicyclic) bond motifs is 2. The normalized spacial score (nSPS) is 25.6.